The van der Waals surface area contributed by atoms with Crippen molar-refractivity contribution in [2.75, 3.05) is 33.4 Å². The Kier molecular flexibility index (Phi) is 7.79. The van der Waals surface area contributed by atoms with Crippen molar-refractivity contribution in [2.24, 2.45) is 0 Å². The fraction of sp³-hybridized carbons (Fsp3) is 0.304. The molecule has 9 heteroatoms. The number of nitrogens with zero attached hydrogens (tertiary/aromatic N) is 1. The van der Waals surface area contributed by atoms with Gasteiger partial charge in [-0.1, -0.05) is 12.1 Å². The number of hydrogen-bond acceptors (Lipinski definition) is 7. The minimum absolute atomic E-state index is 0.0514. The van der Waals surface area contributed by atoms with Gasteiger partial charge in [0.1, 0.15) is 12.4 Å². The van der Waals surface area contributed by atoms with Crippen molar-refractivity contribution in [3.63, 3.8) is 0 Å². The number of carbonyl (C=O) groups excluding carboxylic acids is 2. The first kappa shape index (κ1) is 23.6. The standard InChI is InChI=1S/C23H25NO7S/c1-17(25)19-6-9-22(29-2)20(15-19)16-31-23(26)10-5-18-3-7-21(8-4-18)32(27,28)24-11-13-30-14-12-24/h3-10,15H,11-14,16H2,1-2H3/b10-5+. The predicted molar refractivity (Wildman–Crippen MR) is 118 cm³/mol. The van der Waals surface area contributed by atoms with Gasteiger partial charge in [-0.25, -0.2) is 13.2 Å². The Morgan fingerprint density at radius 2 is 1.78 bits per heavy atom. The first-order chi connectivity index (χ1) is 15.3. The van der Waals surface area contributed by atoms with Crippen molar-refractivity contribution in [3.05, 3.63) is 65.2 Å². The number of carbonyl (C=O) groups is 2. The molecule has 1 heterocycles. The average Bonchev–Trinajstić information content (AvgIpc) is 2.82. The van der Waals surface area contributed by atoms with Gasteiger partial charge in [-0.05, 0) is 48.9 Å². The van der Waals surface area contributed by atoms with E-state index in [9.17, 15) is 18.0 Å². The summed E-state index contributed by atoms with van der Waals surface area (Å²) in [4.78, 5) is 23.9. The first-order valence-corrected chi connectivity index (χ1v) is 11.5. The van der Waals surface area contributed by atoms with Gasteiger partial charge in [0, 0.05) is 30.3 Å². The Balaban J connectivity index is 1.61. The molecule has 0 saturated carbocycles. The highest BCUT2D eigenvalue weighted by Gasteiger charge is 2.25. The molecule has 0 unspecified atom stereocenters. The third kappa shape index (κ3) is 5.82. The minimum Gasteiger partial charge on any atom is -0.496 e. The highest BCUT2D eigenvalue weighted by atomic mass is 32.2. The van der Waals surface area contributed by atoms with Gasteiger partial charge >= 0.3 is 5.97 Å². The predicted octanol–water partition coefficient (Wildman–Crippen LogP) is 2.68. The molecular formula is C23H25NO7S. The number of benzene rings is 2. The Morgan fingerprint density at radius 3 is 2.41 bits per heavy atom. The number of hydrogen-bond donors (Lipinski definition) is 0. The zero-order chi connectivity index (χ0) is 23.1. The molecule has 0 amide bonds. The molecule has 8 nitrogen and oxygen atoms in total. The lowest BCUT2D eigenvalue weighted by Crippen LogP contribution is -2.40. The van der Waals surface area contributed by atoms with Gasteiger partial charge in [0.15, 0.2) is 5.78 Å². The second kappa shape index (κ2) is 10.5. The minimum atomic E-state index is -3.56. The largest absolute Gasteiger partial charge is 0.496 e. The molecule has 32 heavy (non-hydrogen) atoms. The summed E-state index contributed by atoms with van der Waals surface area (Å²) < 4.78 is 42.4. The van der Waals surface area contributed by atoms with Crippen LogP contribution in [-0.2, 0) is 30.9 Å². The topological polar surface area (TPSA) is 99.2 Å². The third-order valence-corrected chi connectivity index (χ3v) is 6.87. The molecule has 1 aliphatic rings. The van der Waals surface area contributed by atoms with Crippen LogP contribution in [0.25, 0.3) is 6.08 Å². The monoisotopic (exact) mass is 459 g/mol. The maximum Gasteiger partial charge on any atom is 0.331 e. The summed E-state index contributed by atoms with van der Waals surface area (Å²) in [6.45, 7) is 2.83. The van der Waals surface area contributed by atoms with Crippen molar-refractivity contribution >= 4 is 27.9 Å². The fourth-order valence-electron chi connectivity index (χ4n) is 3.16. The molecule has 1 fully saturated rings. The molecule has 0 radical (unpaired) electrons. The number of methoxy groups -OCH3 is 1. The van der Waals surface area contributed by atoms with E-state index in [1.807, 2.05) is 0 Å². The molecule has 0 aromatic heterocycles. The molecule has 3 rings (SSSR count). The maximum atomic E-state index is 12.6. The quantitative estimate of drug-likeness (QED) is 0.340. The Labute approximate surface area is 187 Å². The van der Waals surface area contributed by atoms with Crippen LogP contribution >= 0.6 is 0 Å². The van der Waals surface area contributed by atoms with E-state index in [0.717, 1.165) is 0 Å². The van der Waals surface area contributed by atoms with E-state index in [-0.39, 0.29) is 17.3 Å². The molecule has 2 aromatic rings. The van der Waals surface area contributed by atoms with Crippen LogP contribution in [0, 0.1) is 0 Å². The van der Waals surface area contributed by atoms with Crippen LogP contribution in [0.15, 0.2) is 53.4 Å². The molecule has 1 aliphatic heterocycles. The molecule has 170 valence electrons. The van der Waals surface area contributed by atoms with Crippen molar-refractivity contribution in [1.29, 1.82) is 0 Å². The van der Waals surface area contributed by atoms with Crippen LogP contribution in [0.5, 0.6) is 5.75 Å². The van der Waals surface area contributed by atoms with Gasteiger partial charge < -0.3 is 14.2 Å². The van der Waals surface area contributed by atoms with Crippen LogP contribution in [-0.4, -0.2) is 57.9 Å². The normalized spacial score (nSPS) is 14.9. The molecule has 0 spiro atoms. The van der Waals surface area contributed by atoms with Gasteiger partial charge in [0.05, 0.1) is 25.2 Å². The van der Waals surface area contributed by atoms with Crippen LogP contribution < -0.4 is 4.74 Å². The van der Waals surface area contributed by atoms with Crippen LogP contribution in [0.4, 0.5) is 0 Å². The van der Waals surface area contributed by atoms with E-state index in [1.54, 1.807) is 30.3 Å². The van der Waals surface area contributed by atoms with E-state index >= 15 is 0 Å². The second-order valence-corrected chi connectivity index (χ2v) is 9.05. The lowest BCUT2D eigenvalue weighted by atomic mass is 10.1. The van der Waals surface area contributed by atoms with Crippen molar-refractivity contribution in [2.45, 2.75) is 18.4 Å². The number of esters is 1. The number of Topliss-reactive ketones (excluding diaryl/α,β-unsaturated/α-hetero) is 1. The van der Waals surface area contributed by atoms with Gasteiger partial charge in [0.2, 0.25) is 10.0 Å². The number of ketones is 1. The summed E-state index contributed by atoms with van der Waals surface area (Å²) >= 11 is 0. The van der Waals surface area contributed by atoms with Gasteiger partial charge in [-0.15, -0.1) is 0 Å². The highest BCUT2D eigenvalue weighted by Crippen LogP contribution is 2.22. The molecule has 1 saturated heterocycles. The van der Waals surface area contributed by atoms with Gasteiger partial charge in [-0.3, -0.25) is 4.79 Å². The molecule has 0 bridgehead atoms. The number of morpholine rings is 1. The van der Waals surface area contributed by atoms with Crippen LogP contribution in [0.1, 0.15) is 28.4 Å². The number of rotatable bonds is 8. The highest BCUT2D eigenvalue weighted by molar-refractivity contribution is 7.89. The summed E-state index contributed by atoms with van der Waals surface area (Å²) in [5.74, 6) is -0.159. The summed E-state index contributed by atoms with van der Waals surface area (Å²) in [6, 6.07) is 11.2. The Hall–Kier alpha value is -3.01. The Morgan fingerprint density at radius 1 is 1.09 bits per heavy atom. The lowest BCUT2D eigenvalue weighted by molar-refractivity contribution is -0.138. The van der Waals surface area contributed by atoms with E-state index in [2.05, 4.69) is 0 Å². The van der Waals surface area contributed by atoms with Crippen LogP contribution in [0.3, 0.4) is 0 Å². The maximum absolute atomic E-state index is 12.6. The third-order valence-electron chi connectivity index (χ3n) is 4.96. The number of ether oxygens (including phenoxy) is 3. The summed E-state index contributed by atoms with van der Waals surface area (Å²) in [6.07, 6.45) is 2.80. The summed E-state index contributed by atoms with van der Waals surface area (Å²) in [5.41, 5.74) is 1.73. The fourth-order valence-corrected chi connectivity index (χ4v) is 4.57. The van der Waals surface area contributed by atoms with Gasteiger partial charge in [-0.2, -0.15) is 4.31 Å². The average molecular weight is 460 g/mol. The zero-order valence-electron chi connectivity index (χ0n) is 17.9. The van der Waals surface area contributed by atoms with Gasteiger partial charge in [0.25, 0.3) is 0 Å². The van der Waals surface area contributed by atoms with Crippen LogP contribution in [0.2, 0.25) is 0 Å². The van der Waals surface area contributed by atoms with Crippen molar-refractivity contribution in [1.82, 2.24) is 4.31 Å². The number of sulfonamides is 1. The smallest absolute Gasteiger partial charge is 0.331 e. The van der Waals surface area contributed by atoms with Crippen molar-refractivity contribution in [3.8, 4) is 5.75 Å². The summed E-state index contributed by atoms with van der Waals surface area (Å²) in [5, 5.41) is 0. The Bertz CT molecular complexity index is 1100. The lowest BCUT2D eigenvalue weighted by Gasteiger charge is -2.26. The van der Waals surface area contributed by atoms with E-state index in [0.29, 0.717) is 48.7 Å². The summed E-state index contributed by atoms with van der Waals surface area (Å²) in [7, 11) is -2.07. The van der Waals surface area contributed by atoms with E-state index in [1.165, 1.54) is 42.6 Å². The molecule has 0 atom stereocenters. The molecular weight excluding hydrogens is 434 g/mol. The van der Waals surface area contributed by atoms with E-state index in [4.69, 9.17) is 14.2 Å². The zero-order valence-corrected chi connectivity index (χ0v) is 18.8. The first-order valence-electron chi connectivity index (χ1n) is 10.0. The molecule has 0 aliphatic carbocycles. The second-order valence-electron chi connectivity index (χ2n) is 7.11. The molecule has 2 aromatic carbocycles. The van der Waals surface area contributed by atoms with E-state index < -0.39 is 16.0 Å². The molecule has 0 N–H and O–H groups in total. The SMILES string of the molecule is COc1ccc(C(C)=O)cc1COC(=O)/C=C/c1ccc(S(=O)(=O)N2CCOCC2)cc1. The van der Waals surface area contributed by atoms with Crippen molar-refractivity contribution < 1.29 is 32.2 Å².